The predicted molar refractivity (Wildman–Crippen MR) is 69.4 cm³/mol. The minimum atomic E-state index is -0.354. The molecule has 0 saturated heterocycles. The highest BCUT2D eigenvalue weighted by molar-refractivity contribution is 7.80. The molecule has 0 spiro atoms. The van der Waals surface area contributed by atoms with Gasteiger partial charge in [-0.05, 0) is 31.2 Å². The number of hydrogen-bond acceptors (Lipinski definition) is 2. The van der Waals surface area contributed by atoms with Crippen molar-refractivity contribution < 1.29 is 9.18 Å². The monoisotopic (exact) mass is 254 g/mol. The molecule has 1 amide bonds. The molecule has 5 heteroatoms. The number of benzene rings is 1. The Morgan fingerprint density at radius 2 is 2.00 bits per heavy atom. The number of halogens is 1. The van der Waals surface area contributed by atoms with Gasteiger partial charge in [0.25, 0.3) is 5.91 Å². The van der Waals surface area contributed by atoms with E-state index in [1.807, 2.05) is 6.92 Å². The molecule has 1 rings (SSSR count). The fourth-order valence-corrected chi connectivity index (χ4v) is 1.51. The molecule has 0 aliphatic rings. The van der Waals surface area contributed by atoms with Crippen LogP contribution >= 0.6 is 12.2 Å². The summed E-state index contributed by atoms with van der Waals surface area (Å²) in [5, 5.41) is 0. The number of thiocarbonyl (C=S) groups is 1. The van der Waals surface area contributed by atoms with Crippen molar-refractivity contribution in [3.63, 3.8) is 0 Å². The third-order valence-corrected chi connectivity index (χ3v) is 2.59. The number of nitrogens with zero attached hydrogens (tertiary/aromatic N) is 1. The van der Waals surface area contributed by atoms with Gasteiger partial charge >= 0.3 is 0 Å². The summed E-state index contributed by atoms with van der Waals surface area (Å²) >= 11 is 4.77. The fraction of sp³-hybridized carbons (Fsp3) is 0.333. The quantitative estimate of drug-likeness (QED) is 0.817. The van der Waals surface area contributed by atoms with Crippen molar-refractivity contribution in [2.45, 2.75) is 13.3 Å². The minimum absolute atomic E-state index is 0.135. The van der Waals surface area contributed by atoms with E-state index < -0.39 is 0 Å². The van der Waals surface area contributed by atoms with E-state index in [4.69, 9.17) is 18.0 Å². The largest absolute Gasteiger partial charge is 0.393 e. The predicted octanol–water partition coefficient (Wildman–Crippen LogP) is 1.96. The lowest BCUT2D eigenvalue weighted by Crippen LogP contribution is -2.33. The van der Waals surface area contributed by atoms with Gasteiger partial charge in [0.1, 0.15) is 5.82 Å². The highest BCUT2D eigenvalue weighted by Crippen LogP contribution is 2.07. The van der Waals surface area contributed by atoms with Crippen LogP contribution in [0.25, 0.3) is 0 Å². The topological polar surface area (TPSA) is 46.3 Å². The van der Waals surface area contributed by atoms with E-state index >= 15 is 0 Å². The molecule has 0 aliphatic heterocycles. The van der Waals surface area contributed by atoms with Gasteiger partial charge in [-0.1, -0.05) is 12.2 Å². The molecule has 2 N–H and O–H groups in total. The molecule has 0 aliphatic carbocycles. The number of hydrogen-bond donors (Lipinski definition) is 1. The van der Waals surface area contributed by atoms with Crippen LogP contribution in [0.2, 0.25) is 0 Å². The molecule has 3 nitrogen and oxygen atoms in total. The maximum Gasteiger partial charge on any atom is 0.253 e. The van der Waals surface area contributed by atoms with Crippen LogP contribution in [0.4, 0.5) is 4.39 Å². The number of amides is 1. The van der Waals surface area contributed by atoms with Gasteiger partial charge in [-0.2, -0.15) is 0 Å². The zero-order chi connectivity index (χ0) is 12.8. The van der Waals surface area contributed by atoms with Gasteiger partial charge in [0, 0.05) is 25.1 Å². The first kappa shape index (κ1) is 13.6. The Kier molecular flexibility index (Phi) is 5.03. The minimum Gasteiger partial charge on any atom is -0.393 e. The summed E-state index contributed by atoms with van der Waals surface area (Å²) < 4.78 is 12.7. The zero-order valence-electron chi connectivity index (χ0n) is 9.65. The van der Waals surface area contributed by atoms with Gasteiger partial charge in [-0.15, -0.1) is 0 Å². The van der Waals surface area contributed by atoms with Gasteiger partial charge in [-0.25, -0.2) is 4.39 Å². The van der Waals surface area contributed by atoms with Crippen molar-refractivity contribution in [1.82, 2.24) is 4.90 Å². The van der Waals surface area contributed by atoms with Crippen LogP contribution in [0.15, 0.2) is 24.3 Å². The SMILES string of the molecule is CCN(CCC(N)=S)C(=O)c1ccc(F)cc1. The molecule has 0 aromatic heterocycles. The molecule has 1 aromatic carbocycles. The standard InChI is InChI=1S/C12H15FN2OS/c1-2-15(8-7-11(14)17)12(16)9-3-5-10(13)6-4-9/h3-6H,2,7-8H2,1H3,(H2,14,17). The Labute approximate surface area is 105 Å². The van der Waals surface area contributed by atoms with Crippen LogP contribution < -0.4 is 5.73 Å². The normalized spacial score (nSPS) is 10.0. The summed E-state index contributed by atoms with van der Waals surface area (Å²) in [6.45, 7) is 2.93. The average molecular weight is 254 g/mol. The van der Waals surface area contributed by atoms with E-state index in [1.54, 1.807) is 4.90 Å². The lowest BCUT2D eigenvalue weighted by molar-refractivity contribution is 0.0769. The van der Waals surface area contributed by atoms with Gasteiger partial charge in [-0.3, -0.25) is 4.79 Å². The third-order valence-electron chi connectivity index (χ3n) is 2.39. The molecule has 1 aromatic rings. The maximum absolute atomic E-state index is 12.7. The molecule has 17 heavy (non-hydrogen) atoms. The van der Waals surface area contributed by atoms with Crippen molar-refractivity contribution in [3.8, 4) is 0 Å². The van der Waals surface area contributed by atoms with Crippen LogP contribution in [0.3, 0.4) is 0 Å². The molecule has 0 unspecified atom stereocenters. The second kappa shape index (κ2) is 6.30. The lowest BCUT2D eigenvalue weighted by atomic mass is 10.2. The van der Waals surface area contributed by atoms with Crippen LogP contribution in [-0.2, 0) is 0 Å². The molecule has 92 valence electrons. The summed E-state index contributed by atoms with van der Waals surface area (Å²) in [6, 6.07) is 5.49. The van der Waals surface area contributed by atoms with Crippen LogP contribution in [-0.4, -0.2) is 28.9 Å². The number of carbonyl (C=O) groups excluding carboxylic acids is 1. The van der Waals surface area contributed by atoms with Crippen molar-refractivity contribution in [3.05, 3.63) is 35.6 Å². The highest BCUT2D eigenvalue weighted by Gasteiger charge is 2.13. The number of nitrogens with two attached hydrogens (primary N) is 1. The molecule has 0 bridgehead atoms. The van der Waals surface area contributed by atoms with E-state index in [1.165, 1.54) is 24.3 Å². The first-order valence-electron chi connectivity index (χ1n) is 5.37. The van der Waals surface area contributed by atoms with Crippen molar-refractivity contribution >= 4 is 23.1 Å². The molecule has 0 heterocycles. The Bertz CT molecular complexity index is 405. The highest BCUT2D eigenvalue weighted by atomic mass is 32.1. The molecular formula is C12H15FN2OS. The van der Waals surface area contributed by atoms with Crippen molar-refractivity contribution in [2.75, 3.05) is 13.1 Å². The third kappa shape index (κ3) is 4.11. The van der Waals surface area contributed by atoms with E-state index in [2.05, 4.69) is 0 Å². The second-order valence-corrected chi connectivity index (χ2v) is 4.13. The fourth-order valence-electron chi connectivity index (χ4n) is 1.42. The lowest BCUT2D eigenvalue weighted by Gasteiger charge is -2.20. The van der Waals surface area contributed by atoms with Gasteiger partial charge in [0.15, 0.2) is 0 Å². The van der Waals surface area contributed by atoms with Crippen LogP contribution in [0.1, 0.15) is 23.7 Å². The Morgan fingerprint density at radius 3 is 2.47 bits per heavy atom. The summed E-state index contributed by atoms with van der Waals surface area (Å²) in [7, 11) is 0. The smallest absolute Gasteiger partial charge is 0.253 e. The number of carbonyl (C=O) groups is 1. The van der Waals surface area contributed by atoms with Crippen LogP contribution in [0.5, 0.6) is 0 Å². The average Bonchev–Trinajstić information content (AvgIpc) is 2.30. The van der Waals surface area contributed by atoms with Crippen molar-refractivity contribution in [2.24, 2.45) is 5.73 Å². The molecule has 0 fully saturated rings. The molecule has 0 atom stereocenters. The molecule has 0 saturated carbocycles. The Balaban J connectivity index is 2.71. The summed E-state index contributed by atoms with van der Waals surface area (Å²) in [5.41, 5.74) is 5.87. The Hall–Kier alpha value is -1.49. The zero-order valence-corrected chi connectivity index (χ0v) is 10.5. The van der Waals surface area contributed by atoms with Crippen molar-refractivity contribution in [1.29, 1.82) is 0 Å². The van der Waals surface area contributed by atoms with Crippen LogP contribution in [0, 0.1) is 5.82 Å². The van der Waals surface area contributed by atoms with E-state index in [-0.39, 0.29) is 11.7 Å². The van der Waals surface area contributed by atoms with Gasteiger partial charge in [0.2, 0.25) is 0 Å². The first-order chi connectivity index (χ1) is 8.04. The van der Waals surface area contributed by atoms with E-state index in [0.29, 0.717) is 30.1 Å². The number of rotatable bonds is 5. The van der Waals surface area contributed by atoms with E-state index in [0.717, 1.165) is 0 Å². The first-order valence-corrected chi connectivity index (χ1v) is 5.78. The summed E-state index contributed by atoms with van der Waals surface area (Å²) in [4.78, 5) is 14.0. The van der Waals surface area contributed by atoms with Gasteiger partial charge in [0.05, 0.1) is 4.99 Å². The summed E-state index contributed by atoms with van der Waals surface area (Å²) in [5.74, 6) is -0.489. The molecule has 0 radical (unpaired) electrons. The second-order valence-electron chi connectivity index (χ2n) is 3.61. The van der Waals surface area contributed by atoms with Gasteiger partial charge < -0.3 is 10.6 Å². The summed E-state index contributed by atoms with van der Waals surface area (Å²) in [6.07, 6.45) is 0.496. The van der Waals surface area contributed by atoms with E-state index in [9.17, 15) is 9.18 Å². The maximum atomic E-state index is 12.7. The Morgan fingerprint density at radius 1 is 1.41 bits per heavy atom. The molecular weight excluding hydrogens is 239 g/mol.